The van der Waals surface area contributed by atoms with Crippen LogP contribution in [0, 0.1) is 0 Å². The van der Waals surface area contributed by atoms with E-state index in [4.69, 9.17) is 10.5 Å². The summed E-state index contributed by atoms with van der Waals surface area (Å²) in [6, 6.07) is 10.8. The highest BCUT2D eigenvalue weighted by atomic mass is 16.5. The first-order valence-electron chi connectivity index (χ1n) is 5.69. The van der Waals surface area contributed by atoms with Crippen molar-refractivity contribution in [1.82, 2.24) is 0 Å². The normalized spacial score (nSPS) is 31.5. The smallest absolute Gasteiger partial charge is 0.0633 e. The van der Waals surface area contributed by atoms with Gasteiger partial charge in [0.25, 0.3) is 0 Å². The van der Waals surface area contributed by atoms with Gasteiger partial charge in [-0.25, -0.2) is 0 Å². The predicted molar refractivity (Wildman–Crippen MR) is 61.7 cm³/mol. The Balaban J connectivity index is 1.94. The van der Waals surface area contributed by atoms with E-state index in [2.05, 4.69) is 31.2 Å². The second-order valence-corrected chi connectivity index (χ2v) is 4.49. The molecule has 0 bridgehead atoms. The van der Waals surface area contributed by atoms with Gasteiger partial charge in [0, 0.05) is 6.04 Å². The van der Waals surface area contributed by atoms with Gasteiger partial charge in [0.05, 0.1) is 12.2 Å². The summed E-state index contributed by atoms with van der Waals surface area (Å²) in [5.41, 5.74) is 7.33. The summed E-state index contributed by atoms with van der Waals surface area (Å²) in [5, 5.41) is 0. The average molecular weight is 205 g/mol. The summed E-state index contributed by atoms with van der Waals surface area (Å²) < 4.78 is 5.88. The van der Waals surface area contributed by atoms with E-state index in [9.17, 15) is 0 Å². The molecule has 82 valence electrons. The molecule has 0 aliphatic carbocycles. The molecule has 15 heavy (non-hydrogen) atoms. The fraction of sp³-hybridized carbons (Fsp3) is 0.538. The van der Waals surface area contributed by atoms with E-state index in [0.717, 1.165) is 19.3 Å². The molecule has 0 aromatic heterocycles. The number of ether oxygens (including phenoxy) is 1. The molecule has 2 heteroatoms. The van der Waals surface area contributed by atoms with Crippen molar-refractivity contribution in [2.45, 2.75) is 44.4 Å². The molecule has 2 N–H and O–H groups in total. The Bertz CT molecular complexity index is 289. The lowest BCUT2D eigenvalue weighted by molar-refractivity contribution is -0.0458. The molecule has 1 fully saturated rings. The molecule has 3 atom stereocenters. The van der Waals surface area contributed by atoms with Gasteiger partial charge in [-0.05, 0) is 31.7 Å². The molecule has 1 aliphatic heterocycles. The van der Waals surface area contributed by atoms with E-state index in [1.807, 2.05) is 6.07 Å². The predicted octanol–water partition coefficient (Wildman–Crippen LogP) is 2.12. The zero-order valence-corrected chi connectivity index (χ0v) is 9.23. The molecular weight excluding hydrogens is 186 g/mol. The highest BCUT2D eigenvalue weighted by molar-refractivity contribution is 5.15. The lowest BCUT2D eigenvalue weighted by Crippen LogP contribution is -2.39. The highest BCUT2D eigenvalue weighted by Crippen LogP contribution is 2.20. The first-order chi connectivity index (χ1) is 7.24. The van der Waals surface area contributed by atoms with Crippen LogP contribution in [0.25, 0.3) is 0 Å². The van der Waals surface area contributed by atoms with Gasteiger partial charge in [0.1, 0.15) is 0 Å². The third-order valence-electron chi connectivity index (χ3n) is 2.93. The third-order valence-corrected chi connectivity index (χ3v) is 2.93. The molecule has 0 spiro atoms. The molecule has 0 unspecified atom stereocenters. The highest BCUT2D eigenvalue weighted by Gasteiger charge is 2.24. The molecule has 1 heterocycles. The summed E-state index contributed by atoms with van der Waals surface area (Å²) in [6.07, 6.45) is 3.57. The van der Waals surface area contributed by atoms with Crippen LogP contribution in [-0.4, -0.2) is 18.2 Å². The zero-order valence-electron chi connectivity index (χ0n) is 9.23. The Kier molecular flexibility index (Phi) is 3.39. The first kappa shape index (κ1) is 10.7. The molecule has 1 aliphatic rings. The van der Waals surface area contributed by atoms with Gasteiger partial charge in [-0.15, -0.1) is 0 Å². The second kappa shape index (κ2) is 4.77. The Hall–Kier alpha value is -0.860. The summed E-state index contributed by atoms with van der Waals surface area (Å²) in [6.45, 7) is 2.11. The molecule has 2 nitrogen and oxygen atoms in total. The Morgan fingerprint density at radius 2 is 2.00 bits per heavy atom. The van der Waals surface area contributed by atoms with E-state index in [1.54, 1.807) is 0 Å². The minimum Gasteiger partial charge on any atom is -0.375 e. The average Bonchev–Trinajstić information content (AvgIpc) is 2.17. The van der Waals surface area contributed by atoms with E-state index >= 15 is 0 Å². The van der Waals surface area contributed by atoms with Crippen LogP contribution < -0.4 is 5.73 Å². The Morgan fingerprint density at radius 1 is 1.27 bits per heavy atom. The lowest BCUT2D eigenvalue weighted by atomic mass is 9.96. The van der Waals surface area contributed by atoms with Crippen LogP contribution in [0.4, 0.5) is 0 Å². The number of nitrogens with two attached hydrogens (primary N) is 1. The fourth-order valence-corrected chi connectivity index (χ4v) is 2.31. The van der Waals surface area contributed by atoms with Gasteiger partial charge >= 0.3 is 0 Å². The summed E-state index contributed by atoms with van der Waals surface area (Å²) in [4.78, 5) is 0. The van der Waals surface area contributed by atoms with Crippen molar-refractivity contribution in [2.75, 3.05) is 0 Å². The topological polar surface area (TPSA) is 35.2 Å². The van der Waals surface area contributed by atoms with Crippen molar-refractivity contribution < 1.29 is 4.74 Å². The molecule has 2 rings (SSSR count). The Labute approximate surface area is 91.4 Å². The van der Waals surface area contributed by atoms with Crippen molar-refractivity contribution in [2.24, 2.45) is 5.73 Å². The maximum absolute atomic E-state index is 5.99. The Morgan fingerprint density at radius 3 is 2.67 bits per heavy atom. The van der Waals surface area contributed by atoms with E-state index < -0.39 is 0 Å². The largest absolute Gasteiger partial charge is 0.375 e. The van der Waals surface area contributed by atoms with Crippen molar-refractivity contribution in [1.29, 1.82) is 0 Å². The summed E-state index contributed by atoms with van der Waals surface area (Å²) in [5.74, 6) is 0. The fourth-order valence-electron chi connectivity index (χ4n) is 2.31. The van der Waals surface area contributed by atoms with E-state index in [-0.39, 0.29) is 0 Å². The van der Waals surface area contributed by atoms with Crippen molar-refractivity contribution in [3.63, 3.8) is 0 Å². The van der Waals surface area contributed by atoms with Gasteiger partial charge in [-0.2, -0.15) is 0 Å². The first-order valence-corrected chi connectivity index (χ1v) is 5.69. The minimum atomic E-state index is 0.297. The summed E-state index contributed by atoms with van der Waals surface area (Å²) in [7, 11) is 0. The number of hydrogen-bond donors (Lipinski definition) is 1. The van der Waals surface area contributed by atoms with Gasteiger partial charge in [0.2, 0.25) is 0 Å². The van der Waals surface area contributed by atoms with Crippen LogP contribution in [0.3, 0.4) is 0 Å². The lowest BCUT2D eigenvalue weighted by Gasteiger charge is -2.32. The standard InChI is InChI=1S/C13H19NO/c1-10-7-12(14)9-13(15-10)8-11-5-3-2-4-6-11/h2-6,10,12-13H,7-9,14H2,1H3/t10-,12+,13+/m1/s1. The SMILES string of the molecule is C[C@@H]1C[C@H](N)C[C@H](Cc2ccccc2)O1. The van der Waals surface area contributed by atoms with Crippen LogP contribution in [0.15, 0.2) is 30.3 Å². The van der Waals surface area contributed by atoms with Crippen LogP contribution >= 0.6 is 0 Å². The maximum Gasteiger partial charge on any atom is 0.0633 e. The van der Waals surface area contributed by atoms with Gasteiger partial charge in [-0.3, -0.25) is 0 Å². The third kappa shape index (κ3) is 3.05. The van der Waals surface area contributed by atoms with Crippen molar-refractivity contribution >= 4 is 0 Å². The molecule has 0 radical (unpaired) electrons. The maximum atomic E-state index is 5.99. The molecule has 1 aromatic rings. The quantitative estimate of drug-likeness (QED) is 0.802. The summed E-state index contributed by atoms with van der Waals surface area (Å²) >= 11 is 0. The van der Waals surface area contributed by atoms with Gasteiger partial charge in [-0.1, -0.05) is 30.3 Å². The van der Waals surface area contributed by atoms with Crippen molar-refractivity contribution in [3.8, 4) is 0 Å². The number of benzene rings is 1. The van der Waals surface area contributed by atoms with E-state index in [1.165, 1.54) is 5.56 Å². The van der Waals surface area contributed by atoms with Crippen LogP contribution in [0.5, 0.6) is 0 Å². The van der Waals surface area contributed by atoms with Crippen LogP contribution in [0.1, 0.15) is 25.3 Å². The minimum absolute atomic E-state index is 0.297. The number of rotatable bonds is 2. The molecule has 0 amide bonds. The van der Waals surface area contributed by atoms with Gasteiger partial charge in [0.15, 0.2) is 0 Å². The zero-order chi connectivity index (χ0) is 10.7. The van der Waals surface area contributed by atoms with Gasteiger partial charge < -0.3 is 10.5 Å². The molecule has 1 saturated heterocycles. The molecular formula is C13H19NO. The van der Waals surface area contributed by atoms with Crippen molar-refractivity contribution in [3.05, 3.63) is 35.9 Å². The van der Waals surface area contributed by atoms with Crippen LogP contribution in [-0.2, 0) is 11.2 Å². The molecule has 1 aromatic carbocycles. The monoisotopic (exact) mass is 205 g/mol. The number of hydrogen-bond acceptors (Lipinski definition) is 2. The molecule has 0 saturated carbocycles. The van der Waals surface area contributed by atoms with Crippen LogP contribution in [0.2, 0.25) is 0 Å². The van der Waals surface area contributed by atoms with E-state index in [0.29, 0.717) is 18.2 Å². The second-order valence-electron chi connectivity index (χ2n) is 4.49.